The summed E-state index contributed by atoms with van der Waals surface area (Å²) in [5.41, 5.74) is 2.03. The molecule has 2 aromatic carbocycles. The molecule has 0 bridgehead atoms. The summed E-state index contributed by atoms with van der Waals surface area (Å²) < 4.78 is 10.3. The van der Waals surface area contributed by atoms with Gasteiger partial charge in [-0.3, -0.25) is 9.69 Å². The first-order valence-electron chi connectivity index (χ1n) is 10.0. The number of urea groups is 1. The fraction of sp³-hybridized carbons (Fsp3) is 0.167. The molecule has 1 N–H and O–H groups in total. The van der Waals surface area contributed by atoms with Crippen LogP contribution in [0, 0.1) is 0 Å². The zero-order valence-electron chi connectivity index (χ0n) is 17.4. The number of aromatic nitrogens is 1. The number of ether oxygens (including phenoxy) is 2. The number of benzene rings is 2. The Balaban J connectivity index is 1.51. The lowest BCUT2D eigenvalue weighted by molar-refractivity contribution is 0.0600. The number of nitrogens with one attached hydrogen (secondary N) is 1. The number of hydrogen-bond acceptors (Lipinski definition) is 6. The number of carbonyl (C=O) groups excluding carboxylic acids is 3. The van der Waals surface area contributed by atoms with Crippen molar-refractivity contribution in [3.63, 3.8) is 0 Å². The quantitative estimate of drug-likeness (QED) is 0.488. The second kappa shape index (κ2) is 9.30. The van der Waals surface area contributed by atoms with Crippen LogP contribution in [0.3, 0.4) is 0 Å². The Hall–Kier alpha value is -4.20. The van der Waals surface area contributed by atoms with E-state index in [9.17, 15) is 14.4 Å². The van der Waals surface area contributed by atoms with E-state index in [0.717, 1.165) is 5.56 Å². The molecule has 0 saturated heterocycles. The highest BCUT2D eigenvalue weighted by molar-refractivity contribution is 6.03. The second-order valence-corrected chi connectivity index (χ2v) is 7.10. The summed E-state index contributed by atoms with van der Waals surface area (Å²) >= 11 is 0. The predicted molar refractivity (Wildman–Crippen MR) is 118 cm³/mol. The van der Waals surface area contributed by atoms with Gasteiger partial charge in [-0.2, -0.15) is 0 Å². The summed E-state index contributed by atoms with van der Waals surface area (Å²) in [5, 5.41) is 2.83. The molecule has 162 valence electrons. The van der Waals surface area contributed by atoms with Crippen LogP contribution in [-0.4, -0.2) is 43.0 Å². The van der Waals surface area contributed by atoms with Gasteiger partial charge in [0.05, 0.1) is 19.2 Å². The number of fused-ring (bicyclic) bond motifs is 1. The molecule has 1 aromatic heterocycles. The molecule has 8 nitrogen and oxygen atoms in total. The molecule has 1 aliphatic heterocycles. The van der Waals surface area contributed by atoms with Crippen LogP contribution in [0.5, 0.6) is 5.75 Å². The van der Waals surface area contributed by atoms with Crippen molar-refractivity contribution in [3.05, 3.63) is 83.6 Å². The zero-order chi connectivity index (χ0) is 22.5. The lowest BCUT2D eigenvalue weighted by Gasteiger charge is -2.28. The molecule has 1 aliphatic rings. The molecule has 2 amide bonds. The van der Waals surface area contributed by atoms with Gasteiger partial charge in [-0.05, 0) is 42.0 Å². The monoisotopic (exact) mass is 431 g/mol. The van der Waals surface area contributed by atoms with E-state index >= 15 is 0 Å². The largest absolute Gasteiger partial charge is 0.488 e. The molecule has 8 heteroatoms. The smallest absolute Gasteiger partial charge is 0.337 e. The van der Waals surface area contributed by atoms with Gasteiger partial charge in [-0.25, -0.2) is 14.6 Å². The first-order chi connectivity index (χ1) is 15.5. The number of carbonyl (C=O) groups is 3. The lowest BCUT2D eigenvalue weighted by Crippen LogP contribution is -2.41. The van der Waals surface area contributed by atoms with Crippen LogP contribution in [0.4, 0.5) is 16.3 Å². The Labute approximate surface area is 184 Å². The Bertz CT molecular complexity index is 1150. The molecular weight excluding hydrogens is 410 g/mol. The number of nitrogens with zero attached hydrogens (tertiary/aromatic N) is 2. The fourth-order valence-corrected chi connectivity index (χ4v) is 3.31. The Morgan fingerprint density at radius 3 is 2.50 bits per heavy atom. The number of rotatable bonds is 5. The first kappa shape index (κ1) is 21.0. The highest BCUT2D eigenvalue weighted by atomic mass is 16.5. The van der Waals surface area contributed by atoms with Crippen molar-refractivity contribution in [2.45, 2.75) is 6.42 Å². The Morgan fingerprint density at radius 1 is 1.03 bits per heavy atom. The summed E-state index contributed by atoms with van der Waals surface area (Å²) in [5.74, 6) is 0.0933. The van der Waals surface area contributed by atoms with Crippen molar-refractivity contribution in [3.8, 4) is 5.75 Å². The SMILES string of the molecule is COC(=O)c1ccc(CC(=O)c2ccc3c(n2)N(C(=O)Nc2ccccc2)CCO3)cc1. The molecule has 0 spiro atoms. The third-order valence-electron chi connectivity index (χ3n) is 4.96. The number of pyridine rings is 1. The van der Waals surface area contributed by atoms with Crippen molar-refractivity contribution < 1.29 is 23.9 Å². The number of esters is 1. The molecule has 0 unspecified atom stereocenters. The van der Waals surface area contributed by atoms with Crippen LogP contribution in [0.15, 0.2) is 66.7 Å². The predicted octanol–water partition coefficient (Wildman–Crippen LogP) is 3.72. The van der Waals surface area contributed by atoms with E-state index < -0.39 is 5.97 Å². The number of anilines is 2. The number of ketones is 1. The highest BCUT2D eigenvalue weighted by Gasteiger charge is 2.26. The minimum absolute atomic E-state index is 0.101. The van der Waals surface area contributed by atoms with Crippen LogP contribution in [0.1, 0.15) is 26.4 Å². The van der Waals surface area contributed by atoms with E-state index in [1.165, 1.54) is 12.0 Å². The minimum atomic E-state index is -0.437. The molecule has 2 heterocycles. The van der Waals surface area contributed by atoms with Crippen molar-refractivity contribution in [1.29, 1.82) is 0 Å². The van der Waals surface area contributed by atoms with Gasteiger partial charge >= 0.3 is 12.0 Å². The van der Waals surface area contributed by atoms with Crippen molar-refractivity contribution >= 4 is 29.3 Å². The third-order valence-corrected chi connectivity index (χ3v) is 4.96. The van der Waals surface area contributed by atoms with E-state index in [1.807, 2.05) is 18.2 Å². The normalized spacial score (nSPS) is 12.3. The van der Waals surface area contributed by atoms with Crippen LogP contribution >= 0.6 is 0 Å². The van der Waals surface area contributed by atoms with Gasteiger partial charge in [-0.1, -0.05) is 30.3 Å². The van der Waals surface area contributed by atoms with Gasteiger partial charge in [0.15, 0.2) is 17.4 Å². The Kier molecular flexibility index (Phi) is 6.12. The van der Waals surface area contributed by atoms with Gasteiger partial charge < -0.3 is 14.8 Å². The summed E-state index contributed by atoms with van der Waals surface area (Å²) in [7, 11) is 1.31. The van der Waals surface area contributed by atoms with Crippen LogP contribution < -0.4 is 15.0 Å². The van der Waals surface area contributed by atoms with Gasteiger partial charge in [0.2, 0.25) is 0 Å². The molecule has 0 saturated carbocycles. The lowest BCUT2D eigenvalue weighted by atomic mass is 10.0. The van der Waals surface area contributed by atoms with Crippen molar-refractivity contribution in [1.82, 2.24) is 4.98 Å². The van der Waals surface area contributed by atoms with E-state index in [2.05, 4.69) is 15.0 Å². The van der Waals surface area contributed by atoms with E-state index in [1.54, 1.807) is 48.5 Å². The zero-order valence-corrected chi connectivity index (χ0v) is 17.4. The third kappa shape index (κ3) is 4.59. The number of amides is 2. The van der Waals surface area contributed by atoms with Crippen LogP contribution in [0.2, 0.25) is 0 Å². The fourth-order valence-electron chi connectivity index (χ4n) is 3.31. The molecule has 0 atom stereocenters. The van der Waals surface area contributed by atoms with Gasteiger partial charge in [0.25, 0.3) is 0 Å². The van der Waals surface area contributed by atoms with Crippen molar-refractivity contribution in [2.75, 3.05) is 30.5 Å². The van der Waals surface area contributed by atoms with E-state index in [4.69, 9.17) is 4.74 Å². The van der Waals surface area contributed by atoms with Crippen LogP contribution in [0.25, 0.3) is 0 Å². The van der Waals surface area contributed by atoms with Gasteiger partial charge in [0, 0.05) is 12.1 Å². The highest BCUT2D eigenvalue weighted by Crippen LogP contribution is 2.30. The summed E-state index contributed by atoms with van der Waals surface area (Å²) in [6.45, 7) is 0.641. The summed E-state index contributed by atoms with van der Waals surface area (Å²) in [6, 6.07) is 18.6. The maximum absolute atomic E-state index is 12.8. The summed E-state index contributed by atoms with van der Waals surface area (Å²) in [6.07, 6.45) is 0.101. The first-order valence-corrected chi connectivity index (χ1v) is 10.0. The standard InChI is InChI=1S/C24H21N3O5/c1-31-23(29)17-9-7-16(8-10-17)15-20(28)19-11-12-21-22(26-19)27(13-14-32-21)24(30)25-18-5-3-2-4-6-18/h2-12H,13-15H2,1H3,(H,25,30). The average molecular weight is 431 g/mol. The van der Waals surface area contributed by atoms with Gasteiger partial charge in [0.1, 0.15) is 12.3 Å². The van der Waals surface area contributed by atoms with Crippen LogP contribution in [-0.2, 0) is 11.2 Å². The number of Topliss-reactive ketones (excluding diaryl/α,β-unsaturated/α-hetero) is 1. The van der Waals surface area contributed by atoms with E-state index in [-0.39, 0.29) is 23.9 Å². The Morgan fingerprint density at radius 2 is 1.78 bits per heavy atom. The molecular formula is C24H21N3O5. The molecule has 32 heavy (non-hydrogen) atoms. The number of methoxy groups -OCH3 is 1. The maximum Gasteiger partial charge on any atom is 0.337 e. The average Bonchev–Trinajstić information content (AvgIpc) is 2.83. The molecule has 4 rings (SSSR count). The topological polar surface area (TPSA) is 97.8 Å². The minimum Gasteiger partial charge on any atom is -0.488 e. The molecule has 0 fully saturated rings. The molecule has 3 aromatic rings. The number of hydrogen-bond donors (Lipinski definition) is 1. The second-order valence-electron chi connectivity index (χ2n) is 7.10. The molecule has 0 radical (unpaired) electrons. The van der Waals surface area contributed by atoms with E-state index in [0.29, 0.717) is 36.0 Å². The maximum atomic E-state index is 12.8. The van der Waals surface area contributed by atoms with Crippen molar-refractivity contribution in [2.24, 2.45) is 0 Å². The number of para-hydroxylation sites is 1. The molecule has 0 aliphatic carbocycles. The van der Waals surface area contributed by atoms with Gasteiger partial charge in [-0.15, -0.1) is 0 Å². The summed E-state index contributed by atoms with van der Waals surface area (Å²) in [4.78, 5) is 43.1.